The molecule has 1 aromatic heterocycles. The summed E-state index contributed by atoms with van der Waals surface area (Å²) in [6.45, 7) is 7.67. The van der Waals surface area contributed by atoms with Crippen molar-refractivity contribution in [1.29, 1.82) is 0 Å². The maximum Gasteiger partial charge on any atom is 0.410 e. The molecule has 1 aliphatic heterocycles. The smallest absolute Gasteiger partial charge is 0.410 e. The molecule has 0 radical (unpaired) electrons. The Hall–Kier alpha value is -2.24. The maximum absolute atomic E-state index is 12.2. The highest BCUT2D eigenvalue weighted by Crippen LogP contribution is 2.23. The minimum atomic E-state index is -0.458. The summed E-state index contributed by atoms with van der Waals surface area (Å²) in [6, 6.07) is 7.59. The lowest BCUT2D eigenvalue weighted by molar-refractivity contribution is 0.0152. The number of piperidine rings is 1. The largest absolute Gasteiger partial charge is 0.450 e. The fourth-order valence-corrected chi connectivity index (χ4v) is 3.02. The number of rotatable bonds is 4. The van der Waals surface area contributed by atoms with E-state index >= 15 is 0 Å². The number of hydrogen-bond acceptors (Lipinski definition) is 5. The maximum atomic E-state index is 12.2. The van der Waals surface area contributed by atoms with Crippen LogP contribution in [-0.2, 0) is 4.74 Å². The van der Waals surface area contributed by atoms with E-state index in [0.717, 1.165) is 36.9 Å². The van der Waals surface area contributed by atoms with Crippen molar-refractivity contribution in [3.8, 4) is 6.08 Å². The summed E-state index contributed by atoms with van der Waals surface area (Å²) >= 11 is 0. The predicted molar refractivity (Wildman–Crippen MR) is 94.7 cm³/mol. The zero-order chi connectivity index (χ0) is 17.9. The lowest BCUT2D eigenvalue weighted by Gasteiger charge is -2.34. The van der Waals surface area contributed by atoms with Crippen LogP contribution in [0.2, 0.25) is 0 Å². The lowest BCUT2D eigenvalue weighted by atomic mass is 9.95. The van der Waals surface area contributed by atoms with E-state index in [-0.39, 0.29) is 6.09 Å². The standard InChI is InChI=1S/C19H26N2O4/c1-19(2,3)25-18(22)21-11-6-7-14(13-21)10-12-23-17-20-15-8-4-5-9-16(15)24-17/h4-5,8-9,14H,6-7,10-13H2,1-3H3. The van der Waals surface area contributed by atoms with Crippen LogP contribution in [0.5, 0.6) is 6.08 Å². The Kier molecular flexibility index (Phi) is 5.16. The monoisotopic (exact) mass is 346 g/mol. The van der Waals surface area contributed by atoms with Gasteiger partial charge >= 0.3 is 12.2 Å². The van der Waals surface area contributed by atoms with Crippen LogP contribution >= 0.6 is 0 Å². The Bertz CT molecular complexity index is 687. The fraction of sp³-hybridized carbons (Fsp3) is 0.579. The SMILES string of the molecule is CC(C)(C)OC(=O)N1CCCC(CCOc2nc3ccccc3o2)C1. The molecule has 6 heteroatoms. The molecule has 2 heterocycles. The summed E-state index contributed by atoms with van der Waals surface area (Å²) in [4.78, 5) is 18.3. The Balaban J connectivity index is 1.47. The van der Waals surface area contributed by atoms with E-state index in [1.54, 1.807) is 4.90 Å². The average molecular weight is 346 g/mol. The van der Waals surface area contributed by atoms with Crippen LogP contribution in [0.3, 0.4) is 0 Å². The molecule has 136 valence electrons. The van der Waals surface area contributed by atoms with Crippen LogP contribution in [0.1, 0.15) is 40.0 Å². The first-order valence-corrected chi connectivity index (χ1v) is 8.87. The molecule has 25 heavy (non-hydrogen) atoms. The number of para-hydroxylation sites is 2. The van der Waals surface area contributed by atoms with Gasteiger partial charge in [-0.2, -0.15) is 4.98 Å². The molecule has 1 saturated heterocycles. The molecule has 0 bridgehead atoms. The molecule has 1 fully saturated rings. The lowest BCUT2D eigenvalue weighted by Crippen LogP contribution is -2.43. The molecule has 1 amide bonds. The Labute approximate surface area is 148 Å². The number of fused-ring (bicyclic) bond motifs is 1. The molecule has 1 unspecified atom stereocenters. The molecule has 3 rings (SSSR count). The second-order valence-corrected chi connectivity index (χ2v) is 7.52. The molecule has 0 saturated carbocycles. The van der Waals surface area contributed by atoms with Crippen LogP contribution in [-0.4, -0.2) is 41.3 Å². The van der Waals surface area contributed by atoms with Gasteiger partial charge in [0.05, 0.1) is 6.61 Å². The number of hydrogen-bond donors (Lipinski definition) is 0. The molecular weight excluding hydrogens is 320 g/mol. The summed E-state index contributed by atoms with van der Waals surface area (Å²) in [7, 11) is 0. The molecular formula is C19H26N2O4. The molecule has 0 spiro atoms. The van der Waals surface area contributed by atoms with E-state index in [2.05, 4.69) is 4.98 Å². The second-order valence-electron chi connectivity index (χ2n) is 7.52. The molecule has 0 aliphatic carbocycles. The number of nitrogens with zero attached hydrogens (tertiary/aromatic N) is 2. The van der Waals surface area contributed by atoms with Crippen molar-refractivity contribution in [2.45, 2.75) is 45.6 Å². The van der Waals surface area contributed by atoms with Crippen molar-refractivity contribution in [2.24, 2.45) is 5.92 Å². The number of benzene rings is 1. The summed E-state index contributed by atoms with van der Waals surface area (Å²) in [5.74, 6) is 0.408. The number of carbonyl (C=O) groups excluding carboxylic acids is 1. The summed E-state index contributed by atoms with van der Waals surface area (Å²) in [6.07, 6.45) is 3.03. The minimum absolute atomic E-state index is 0.225. The van der Waals surface area contributed by atoms with Crippen LogP contribution in [0, 0.1) is 5.92 Å². The first kappa shape index (κ1) is 17.6. The van der Waals surface area contributed by atoms with Gasteiger partial charge < -0.3 is 18.8 Å². The third-order valence-corrected chi connectivity index (χ3v) is 4.20. The Morgan fingerprint density at radius 2 is 2.16 bits per heavy atom. The van der Waals surface area contributed by atoms with Crippen LogP contribution < -0.4 is 4.74 Å². The number of aromatic nitrogens is 1. The molecule has 1 atom stereocenters. The van der Waals surface area contributed by atoms with Gasteiger partial charge in [-0.15, -0.1) is 0 Å². The molecule has 1 aliphatic rings. The summed E-state index contributed by atoms with van der Waals surface area (Å²) < 4.78 is 16.7. The first-order chi connectivity index (χ1) is 11.9. The highest BCUT2D eigenvalue weighted by atomic mass is 16.6. The van der Waals surface area contributed by atoms with Gasteiger partial charge in [-0.25, -0.2) is 4.79 Å². The van der Waals surface area contributed by atoms with Crippen molar-refractivity contribution in [1.82, 2.24) is 9.88 Å². The summed E-state index contributed by atoms with van der Waals surface area (Å²) in [5, 5.41) is 0. The number of likely N-dealkylation sites (tertiary alicyclic amines) is 1. The minimum Gasteiger partial charge on any atom is -0.450 e. The van der Waals surface area contributed by atoms with Crippen LogP contribution in [0.4, 0.5) is 4.79 Å². The van der Waals surface area contributed by atoms with Crippen molar-refractivity contribution in [3.63, 3.8) is 0 Å². The molecule has 1 aromatic carbocycles. The average Bonchev–Trinajstić information content (AvgIpc) is 2.96. The zero-order valence-corrected chi connectivity index (χ0v) is 15.2. The van der Waals surface area contributed by atoms with Gasteiger partial charge in [-0.05, 0) is 58.1 Å². The third kappa shape index (κ3) is 4.87. The highest BCUT2D eigenvalue weighted by Gasteiger charge is 2.27. The number of amides is 1. The highest BCUT2D eigenvalue weighted by molar-refractivity contribution is 5.72. The van der Waals surface area contributed by atoms with E-state index in [1.807, 2.05) is 45.0 Å². The third-order valence-electron chi connectivity index (χ3n) is 4.20. The molecule has 6 nitrogen and oxygen atoms in total. The number of ether oxygens (including phenoxy) is 2. The topological polar surface area (TPSA) is 64.8 Å². The van der Waals surface area contributed by atoms with Gasteiger partial charge in [-0.3, -0.25) is 0 Å². The van der Waals surface area contributed by atoms with Crippen LogP contribution in [0.25, 0.3) is 11.1 Å². The van der Waals surface area contributed by atoms with Gasteiger partial charge in [0, 0.05) is 13.1 Å². The normalized spacial score (nSPS) is 18.4. The van der Waals surface area contributed by atoms with Crippen molar-refractivity contribution in [2.75, 3.05) is 19.7 Å². The predicted octanol–water partition coefficient (Wildman–Crippen LogP) is 4.24. The quantitative estimate of drug-likeness (QED) is 0.828. The second kappa shape index (κ2) is 7.33. The summed E-state index contributed by atoms with van der Waals surface area (Å²) in [5.41, 5.74) is 1.07. The number of carbonyl (C=O) groups is 1. The van der Waals surface area contributed by atoms with Gasteiger partial charge in [0.25, 0.3) is 0 Å². The van der Waals surface area contributed by atoms with Gasteiger partial charge in [0.1, 0.15) is 11.1 Å². The number of oxazole rings is 1. The van der Waals surface area contributed by atoms with Crippen molar-refractivity contribution in [3.05, 3.63) is 24.3 Å². The van der Waals surface area contributed by atoms with E-state index in [1.165, 1.54) is 0 Å². The zero-order valence-electron chi connectivity index (χ0n) is 15.2. The van der Waals surface area contributed by atoms with Gasteiger partial charge in [0.2, 0.25) is 0 Å². The van der Waals surface area contributed by atoms with E-state index in [4.69, 9.17) is 13.9 Å². The van der Waals surface area contributed by atoms with E-state index in [9.17, 15) is 4.79 Å². The van der Waals surface area contributed by atoms with Crippen molar-refractivity contribution < 1.29 is 18.7 Å². The molecule has 0 N–H and O–H groups in total. The van der Waals surface area contributed by atoms with Gasteiger partial charge in [0.15, 0.2) is 5.58 Å². The van der Waals surface area contributed by atoms with E-state index < -0.39 is 5.60 Å². The van der Waals surface area contributed by atoms with E-state index in [0.29, 0.717) is 25.1 Å². The Morgan fingerprint density at radius 1 is 1.36 bits per heavy atom. The Morgan fingerprint density at radius 3 is 2.92 bits per heavy atom. The van der Waals surface area contributed by atoms with Crippen LogP contribution in [0.15, 0.2) is 28.7 Å². The first-order valence-electron chi connectivity index (χ1n) is 8.87. The molecule has 2 aromatic rings. The van der Waals surface area contributed by atoms with Crippen molar-refractivity contribution >= 4 is 17.2 Å². The fourth-order valence-electron chi connectivity index (χ4n) is 3.02. The van der Waals surface area contributed by atoms with Gasteiger partial charge in [-0.1, -0.05) is 12.1 Å².